The number of hydrogen-bond donors (Lipinski definition) is 0. The number of aliphatic imine (C=N–C) groups is 1. The lowest BCUT2D eigenvalue weighted by atomic mass is 10.2. The van der Waals surface area contributed by atoms with Gasteiger partial charge < -0.3 is 0 Å². The van der Waals surface area contributed by atoms with Crippen LogP contribution in [0.2, 0.25) is 0 Å². The highest BCUT2D eigenvalue weighted by molar-refractivity contribution is 9.09. The molecule has 0 aromatic heterocycles. The molecule has 1 aromatic carbocycles. The fourth-order valence-electron chi connectivity index (χ4n) is 1.20. The molecule has 0 unspecified atom stereocenters. The number of nitrogens with zero attached hydrogens (tertiary/aromatic N) is 1. The van der Waals surface area contributed by atoms with Crippen LogP contribution in [-0.2, 0) is 0 Å². The SMILES string of the molecule is C[C@H]1SC(c2ccccc2)=N[C@@H]1Br. The van der Waals surface area contributed by atoms with Crippen LogP contribution in [0, 0.1) is 0 Å². The van der Waals surface area contributed by atoms with Crippen LogP contribution in [0.4, 0.5) is 0 Å². The fraction of sp³-hybridized carbons (Fsp3) is 0.300. The van der Waals surface area contributed by atoms with Crippen molar-refractivity contribution in [2.45, 2.75) is 17.1 Å². The van der Waals surface area contributed by atoms with Crippen LogP contribution in [0.1, 0.15) is 12.5 Å². The third kappa shape index (κ3) is 1.97. The van der Waals surface area contributed by atoms with Gasteiger partial charge in [-0.1, -0.05) is 58.0 Å². The molecule has 0 N–H and O–H groups in total. The largest absolute Gasteiger partial charge is 0.262 e. The zero-order valence-electron chi connectivity index (χ0n) is 7.27. The maximum absolute atomic E-state index is 4.54. The van der Waals surface area contributed by atoms with Gasteiger partial charge in [0.05, 0.1) is 5.04 Å². The molecule has 0 spiro atoms. The summed E-state index contributed by atoms with van der Waals surface area (Å²) >= 11 is 5.36. The molecule has 1 aliphatic heterocycles. The topological polar surface area (TPSA) is 12.4 Å². The van der Waals surface area contributed by atoms with Gasteiger partial charge >= 0.3 is 0 Å². The van der Waals surface area contributed by atoms with Crippen molar-refractivity contribution in [3.8, 4) is 0 Å². The molecule has 0 bridgehead atoms. The van der Waals surface area contributed by atoms with E-state index in [2.05, 4.69) is 40.0 Å². The predicted molar refractivity (Wildman–Crippen MR) is 62.7 cm³/mol. The van der Waals surface area contributed by atoms with E-state index >= 15 is 0 Å². The fourth-order valence-corrected chi connectivity index (χ4v) is 2.84. The Bertz CT molecular complexity index is 323. The van der Waals surface area contributed by atoms with Crippen LogP contribution in [0.25, 0.3) is 0 Å². The van der Waals surface area contributed by atoms with E-state index in [0.717, 1.165) is 5.04 Å². The van der Waals surface area contributed by atoms with Crippen molar-refractivity contribution in [2.75, 3.05) is 0 Å². The number of rotatable bonds is 1. The van der Waals surface area contributed by atoms with Crippen molar-refractivity contribution in [2.24, 2.45) is 4.99 Å². The number of halogens is 1. The molecule has 0 saturated carbocycles. The monoisotopic (exact) mass is 255 g/mol. The average molecular weight is 256 g/mol. The smallest absolute Gasteiger partial charge is 0.118 e. The normalized spacial score (nSPS) is 27.4. The summed E-state index contributed by atoms with van der Waals surface area (Å²) in [6.45, 7) is 2.18. The summed E-state index contributed by atoms with van der Waals surface area (Å²) in [6.07, 6.45) is 0. The van der Waals surface area contributed by atoms with E-state index in [1.807, 2.05) is 30.0 Å². The standard InChI is InChI=1S/C10H10BrNS/c1-7-9(11)12-10(13-7)8-5-3-2-4-6-8/h2-7,9H,1H3/t7-,9+/m1/s1. The molecule has 1 nitrogen and oxygen atoms in total. The summed E-state index contributed by atoms with van der Waals surface area (Å²) < 4.78 is 0. The number of thioether (sulfide) groups is 1. The van der Waals surface area contributed by atoms with E-state index in [4.69, 9.17) is 0 Å². The Morgan fingerprint density at radius 1 is 1.31 bits per heavy atom. The second kappa shape index (κ2) is 3.84. The average Bonchev–Trinajstić information content (AvgIpc) is 2.49. The number of hydrogen-bond acceptors (Lipinski definition) is 2. The predicted octanol–water partition coefficient (Wildman–Crippen LogP) is 3.29. The molecule has 1 aromatic rings. The minimum atomic E-state index is 0.271. The van der Waals surface area contributed by atoms with Crippen LogP contribution in [-0.4, -0.2) is 15.2 Å². The van der Waals surface area contributed by atoms with Gasteiger partial charge in [-0.15, -0.1) is 0 Å². The highest BCUT2D eigenvalue weighted by Crippen LogP contribution is 2.32. The van der Waals surface area contributed by atoms with Crippen LogP contribution in [0.3, 0.4) is 0 Å². The van der Waals surface area contributed by atoms with E-state index < -0.39 is 0 Å². The first-order chi connectivity index (χ1) is 6.27. The summed E-state index contributed by atoms with van der Waals surface area (Å²) in [6, 6.07) is 10.3. The van der Waals surface area contributed by atoms with E-state index in [9.17, 15) is 0 Å². The highest BCUT2D eigenvalue weighted by atomic mass is 79.9. The Hall–Kier alpha value is -0.280. The molecule has 3 heteroatoms. The molecule has 13 heavy (non-hydrogen) atoms. The third-order valence-corrected chi connectivity index (χ3v) is 4.49. The van der Waals surface area contributed by atoms with Crippen molar-refractivity contribution >= 4 is 32.7 Å². The van der Waals surface area contributed by atoms with Crippen molar-refractivity contribution in [1.82, 2.24) is 0 Å². The first kappa shape index (κ1) is 9.28. The highest BCUT2D eigenvalue weighted by Gasteiger charge is 2.24. The summed E-state index contributed by atoms with van der Waals surface area (Å²) in [4.78, 5) is 4.81. The van der Waals surface area contributed by atoms with Gasteiger partial charge in [-0.05, 0) is 6.92 Å². The van der Waals surface area contributed by atoms with Gasteiger partial charge in [0.2, 0.25) is 0 Å². The molecule has 1 aliphatic rings. The summed E-state index contributed by atoms with van der Waals surface area (Å²) in [7, 11) is 0. The zero-order chi connectivity index (χ0) is 9.26. The van der Waals surface area contributed by atoms with Gasteiger partial charge in [0.1, 0.15) is 4.95 Å². The second-order valence-corrected chi connectivity index (χ2v) is 5.30. The lowest BCUT2D eigenvalue weighted by molar-refractivity contribution is 0.927. The maximum atomic E-state index is 4.54. The van der Waals surface area contributed by atoms with Crippen molar-refractivity contribution < 1.29 is 0 Å². The lowest BCUT2D eigenvalue weighted by Crippen LogP contribution is -2.03. The van der Waals surface area contributed by atoms with E-state index in [-0.39, 0.29) is 4.95 Å². The molecule has 0 saturated heterocycles. The molecule has 68 valence electrons. The number of alkyl halides is 1. The summed E-state index contributed by atoms with van der Waals surface area (Å²) in [5.74, 6) is 0. The van der Waals surface area contributed by atoms with Crippen LogP contribution < -0.4 is 0 Å². The van der Waals surface area contributed by atoms with Crippen molar-refractivity contribution in [3.05, 3.63) is 35.9 Å². The first-order valence-electron chi connectivity index (χ1n) is 4.21. The molecule has 0 amide bonds. The van der Waals surface area contributed by atoms with Crippen molar-refractivity contribution in [3.63, 3.8) is 0 Å². The zero-order valence-corrected chi connectivity index (χ0v) is 9.68. The van der Waals surface area contributed by atoms with E-state index in [1.165, 1.54) is 5.56 Å². The molecule has 0 fully saturated rings. The quantitative estimate of drug-likeness (QED) is 0.554. The Labute approximate surface area is 90.8 Å². The summed E-state index contributed by atoms with van der Waals surface area (Å²) in [5, 5.41) is 1.69. The first-order valence-corrected chi connectivity index (χ1v) is 6.01. The third-order valence-electron chi connectivity index (χ3n) is 1.95. The lowest BCUT2D eigenvalue weighted by Gasteiger charge is -2.02. The Morgan fingerprint density at radius 3 is 2.54 bits per heavy atom. The van der Waals surface area contributed by atoms with Gasteiger partial charge in [-0.3, -0.25) is 4.99 Å². The van der Waals surface area contributed by atoms with Gasteiger partial charge in [0, 0.05) is 10.8 Å². The summed E-state index contributed by atoms with van der Waals surface area (Å²) in [5.41, 5.74) is 1.22. The van der Waals surface area contributed by atoms with Gasteiger partial charge in [-0.25, -0.2) is 0 Å². The molecule has 0 radical (unpaired) electrons. The van der Waals surface area contributed by atoms with Gasteiger partial charge in [-0.2, -0.15) is 0 Å². The molecule has 2 rings (SSSR count). The minimum absolute atomic E-state index is 0.271. The van der Waals surface area contributed by atoms with E-state index in [0.29, 0.717) is 5.25 Å². The Balaban J connectivity index is 2.25. The Morgan fingerprint density at radius 2 is 2.00 bits per heavy atom. The molecule has 0 aliphatic carbocycles. The maximum Gasteiger partial charge on any atom is 0.118 e. The van der Waals surface area contributed by atoms with Gasteiger partial charge in [0.15, 0.2) is 0 Å². The number of benzene rings is 1. The molecule has 1 heterocycles. The molecular formula is C10H10BrNS. The molecular weight excluding hydrogens is 246 g/mol. The van der Waals surface area contributed by atoms with E-state index in [1.54, 1.807) is 0 Å². The Kier molecular flexibility index (Phi) is 2.74. The molecule has 2 atom stereocenters. The van der Waals surface area contributed by atoms with Crippen LogP contribution >= 0.6 is 27.7 Å². The van der Waals surface area contributed by atoms with Crippen LogP contribution in [0.5, 0.6) is 0 Å². The van der Waals surface area contributed by atoms with Gasteiger partial charge in [0.25, 0.3) is 0 Å². The minimum Gasteiger partial charge on any atom is -0.262 e. The van der Waals surface area contributed by atoms with Crippen LogP contribution in [0.15, 0.2) is 35.3 Å². The van der Waals surface area contributed by atoms with Crippen molar-refractivity contribution in [1.29, 1.82) is 0 Å². The second-order valence-electron chi connectivity index (χ2n) is 3.00.